The molecule has 0 amide bonds. The quantitative estimate of drug-likeness (QED) is 0.440. The molecule has 0 atom stereocenters. The van der Waals surface area contributed by atoms with Gasteiger partial charge in [-0.1, -0.05) is 96.7 Å². The Morgan fingerprint density at radius 2 is 1.27 bits per heavy atom. The Kier molecular flexibility index (Phi) is 15.7. The normalized spacial score (nSPS) is 9.70. The first kappa shape index (κ1) is 30.0. The summed E-state index contributed by atoms with van der Waals surface area (Å²) in [6, 6.07) is 13.4. The monoisotopic (exact) mass is 412 g/mol. The summed E-state index contributed by atoms with van der Waals surface area (Å²) in [6.07, 6.45) is 2.28. The summed E-state index contributed by atoms with van der Waals surface area (Å²) in [4.78, 5) is 0. The Morgan fingerprint density at radius 3 is 1.50 bits per heavy atom. The first-order chi connectivity index (χ1) is 13.9. The van der Waals surface area contributed by atoms with E-state index in [1.807, 2.05) is 33.8 Å². The van der Waals surface area contributed by atoms with Crippen molar-refractivity contribution in [1.29, 1.82) is 0 Å². The summed E-state index contributed by atoms with van der Waals surface area (Å²) >= 11 is 0. The minimum Gasteiger partial charge on any atom is -0.206 e. The van der Waals surface area contributed by atoms with E-state index in [-0.39, 0.29) is 5.82 Å². The third kappa shape index (κ3) is 13.9. The Bertz CT molecular complexity index is 719. The van der Waals surface area contributed by atoms with Crippen LogP contribution in [0.2, 0.25) is 0 Å². The van der Waals surface area contributed by atoms with Crippen LogP contribution in [0, 0.1) is 32.0 Å². The fourth-order valence-electron chi connectivity index (χ4n) is 2.71. The van der Waals surface area contributed by atoms with Crippen molar-refractivity contribution in [2.24, 2.45) is 5.41 Å². The van der Waals surface area contributed by atoms with Gasteiger partial charge in [-0.2, -0.15) is 0 Å². The maximum Gasteiger partial charge on any atom is 0.130 e. The zero-order valence-electron chi connectivity index (χ0n) is 21.2. The molecule has 30 heavy (non-hydrogen) atoms. The van der Waals surface area contributed by atoms with Gasteiger partial charge in [0.05, 0.1) is 0 Å². The minimum atomic E-state index is -0.183. The molecule has 2 rings (SSSR count). The zero-order valence-corrected chi connectivity index (χ0v) is 21.2. The predicted molar refractivity (Wildman–Crippen MR) is 137 cm³/mol. The lowest BCUT2D eigenvalue weighted by Crippen LogP contribution is -2.05. The second kappa shape index (κ2) is 15.7. The van der Waals surface area contributed by atoms with Crippen LogP contribution in [0.25, 0.3) is 5.57 Å². The summed E-state index contributed by atoms with van der Waals surface area (Å²) in [7, 11) is 0. The van der Waals surface area contributed by atoms with Gasteiger partial charge in [0.2, 0.25) is 0 Å². The SMILES string of the molecule is C=C(C)c1c(C)cccc1F.C=C(CC)CC(C)(C)C.CC.Cc1ccccc1C. The van der Waals surface area contributed by atoms with Crippen LogP contribution in [0.1, 0.15) is 83.6 Å². The molecule has 0 aliphatic rings. The van der Waals surface area contributed by atoms with Gasteiger partial charge in [-0.3, -0.25) is 0 Å². The van der Waals surface area contributed by atoms with Gasteiger partial charge in [0, 0.05) is 5.56 Å². The molecule has 0 fully saturated rings. The van der Waals surface area contributed by atoms with Crippen molar-refractivity contribution in [3.05, 3.63) is 89.3 Å². The molecule has 0 saturated heterocycles. The molecule has 0 nitrogen and oxygen atoms in total. The van der Waals surface area contributed by atoms with E-state index in [0.717, 1.165) is 24.0 Å². The molecule has 0 aliphatic heterocycles. The molecule has 0 bridgehead atoms. The number of hydrogen-bond donors (Lipinski definition) is 0. The largest absolute Gasteiger partial charge is 0.206 e. The maximum atomic E-state index is 13.0. The maximum absolute atomic E-state index is 13.0. The lowest BCUT2D eigenvalue weighted by molar-refractivity contribution is 0.406. The number of hydrogen-bond acceptors (Lipinski definition) is 0. The van der Waals surface area contributed by atoms with Gasteiger partial charge in [0.25, 0.3) is 0 Å². The van der Waals surface area contributed by atoms with Gasteiger partial charge in [-0.15, -0.1) is 0 Å². The highest BCUT2D eigenvalue weighted by atomic mass is 19.1. The smallest absolute Gasteiger partial charge is 0.130 e. The van der Waals surface area contributed by atoms with Crippen molar-refractivity contribution >= 4 is 5.57 Å². The summed E-state index contributed by atoms with van der Waals surface area (Å²) < 4.78 is 13.0. The molecule has 0 heterocycles. The van der Waals surface area contributed by atoms with Gasteiger partial charge in [0.15, 0.2) is 0 Å². The van der Waals surface area contributed by atoms with Crippen LogP contribution in [-0.2, 0) is 0 Å². The van der Waals surface area contributed by atoms with E-state index in [1.165, 1.54) is 22.8 Å². The minimum absolute atomic E-state index is 0.183. The number of allylic oxidation sites excluding steroid dienone is 2. The fourth-order valence-corrected chi connectivity index (χ4v) is 2.71. The van der Waals surface area contributed by atoms with Crippen LogP contribution in [0.4, 0.5) is 4.39 Å². The predicted octanol–water partition coefficient (Wildman–Crippen LogP) is 9.89. The van der Waals surface area contributed by atoms with E-state index in [1.54, 1.807) is 6.07 Å². The summed E-state index contributed by atoms with van der Waals surface area (Å²) in [6.45, 7) is 28.5. The molecule has 2 aromatic rings. The molecule has 0 radical (unpaired) electrons. The van der Waals surface area contributed by atoms with Crippen LogP contribution < -0.4 is 0 Å². The first-order valence-electron chi connectivity index (χ1n) is 11.0. The highest BCUT2D eigenvalue weighted by Crippen LogP contribution is 2.24. The van der Waals surface area contributed by atoms with Crippen molar-refractivity contribution in [2.75, 3.05) is 0 Å². The van der Waals surface area contributed by atoms with E-state index in [0.29, 0.717) is 11.0 Å². The first-order valence-corrected chi connectivity index (χ1v) is 11.0. The van der Waals surface area contributed by atoms with E-state index >= 15 is 0 Å². The van der Waals surface area contributed by atoms with Crippen molar-refractivity contribution in [2.45, 2.75) is 82.1 Å². The average molecular weight is 413 g/mol. The Morgan fingerprint density at radius 1 is 0.833 bits per heavy atom. The molecular formula is C29H45F. The number of aryl methyl sites for hydroxylation is 3. The highest BCUT2D eigenvalue weighted by molar-refractivity contribution is 5.64. The highest BCUT2D eigenvalue weighted by Gasteiger charge is 2.10. The fraction of sp³-hybridized carbons (Fsp3) is 0.448. The summed E-state index contributed by atoms with van der Waals surface area (Å²) in [5.41, 5.74) is 6.89. The van der Waals surface area contributed by atoms with Crippen molar-refractivity contribution in [3.63, 3.8) is 0 Å². The Labute approximate surface area is 186 Å². The van der Waals surface area contributed by atoms with Crippen molar-refractivity contribution in [3.8, 4) is 0 Å². The van der Waals surface area contributed by atoms with Crippen molar-refractivity contribution < 1.29 is 4.39 Å². The Hall–Kier alpha value is -2.15. The molecule has 0 N–H and O–H groups in total. The lowest BCUT2D eigenvalue weighted by Gasteiger charge is -2.18. The number of halogens is 1. The van der Waals surface area contributed by atoms with Gasteiger partial charge in [0.1, 0.15) is 5.82 Å². The van der Waals surface area contributed by atoms with Gasteiger partial charge >= 0.3 is 0 Å². The molecule has 2 aromatic carbocycles. The number of rotatable bonds is 3. The topological polar surface area (TPSA) is 0 Å². The molecule has 0 spiro atoms. The Balaban J connectivity index is 0. The second-order valence-corrected chi connectivity index (χ2v) is 8.64. The third-order valence-corrected chi connectivity index (χ3v) is 4.35. The van der Waals surface area contributed by atoms with Crippen molar-refractivity contribution in [1.82, 2.24) is 0 Å². The van der Waals surface area contributed by atoms with Crippen LogP contribution in [0.15, 0.2) is 61.2 Å². The molecule has 0 aliphatic carbocycles. The van der Waals surface area contributed by atoms with Crippen LogP contribution >= 0.6 is 0 Å². The van der Waals surface area contributed by atoms with E-state index in [4.69, 9.17) is 0 Å². The summed E-state index contributed by atoms with van der Waals surface area (Å²) in [5.74, 6) is -0.183. The van der Waals surface area contributed by atoms with Gasteiger partial charge < -0.3 is 0 Å². The molecule has 1 heteroatoms. The average Bonchev–Trinajstić information content (AvgIpc) is 2.65. The van der Waals surface area contributed by atoms with Crippen LogP contribution in [-0.4, -0.2) is 0 Å². The lowest BCUT2D eigenvalue weighted by atomic mass is 9.88. The third-order valence-electron chi connectivity index (χ3n) is 4.35. The zero-order chi connectivity index (χ0) is 23.9. The molecule has 0 aromatic heterocycles. The van der Waals surface area contributed by atoms with E-state index < -0.39 is 0 Å². The molecule has 0 unspecified atom stereocenters. The van der Waals surface area contributed by atoms with E-state index in [2.05, 4.69) is 79.0 Å². The standard InChI is InChI=1S/C10H11F.C9H18.C8H10.C2H6/c1-7(2)10-8(3)5-4-6-9(10)11;1-6-8(2)7-9(3,4)5;1-7-5-3-4-6-8(7)2;1-2/h4-6H,1H2,2-3H3;2,6-7H2,1,3-5H3;3-6H,1-2H3;1-2H3. The molecule has 168 valence electrons. The van der Waals surface area contributed by atoms with Gasteiger partial charge in [-0.25, -0.2) is 4.39 Å². The van der Waals surface area contributed by atoms with E-state index in [9.17, 15) is 4.39 Å². The van der Waals surface area contributed by atoms with Gasteiger partial charge in [-0.05, 0) is 74.3 Å². The molecule has 0 saturated carbocycles. The number of benzene rings is 2. The van der Waals surface area contributed by atoms with Crippen LogP contribution in [0.3, 0.4) is 0 Å². The second-order valence-electron chi connectivity index (χ2n) is 8.64. The summed E-state index contributed by atoms with van der Waals surface area (Å²) in [5, 5.41) is 0. The van der Waals surface area contributed by atoms with Crippen LogP contribution in [0.5, 0.6) is 0 Å². The molecular weight excluding hydrogens is 367 g/mol.